The fourth-order valence-electron chi connectivity index (χ4n) is 1.75. The van der Waals surface area contributed by atoms with Crippen molar-refractivity contribution in [3.8, 4) is 11.3 Å². The van der Waals surface area contributed by atoms with Crippen molar-refractivity contribution in [1.82, 2.24) is 4.98 Å². The normalized spacial score (nSPS) is 10.3. The monoisotopic (exact) mass is 230 g/mol. The van der Waals surface area contributed by atoms with Crippen LogP contribution < -0.4 is 5.32 Å². The summed E-state index contributed by atoms with van der Waals surface area (Å²) >= 11 is 0. The van der Waals surface area contributed by atoms with Crippen LogP contribution in [0.1, 0.15) is 12.5 Å². The zero-order valence-corrected chi connectivity index (χ0v) is 10.00. The molecule has 2 aromatic rings. The van der Waals surface area contributed by atoms with Crippen LogP contribution in [0.25, 0.3) is 11.3 Å². The van der Waals surface area contributed by atoms with Gasteiger partial charge in [-0.2, -0.15) is 0 Å². The van der Waals surface area contributed by atoms with E-state index in [0.29, 0.717) is 5.56 Å². The number of halogens is 1. The van der Waals surface area contributed by atoms with Crippen molar-refractivity contribution < 1.29 is 4.39 Å². The number of rotatable bonds is 3. The standard InChI is InChI=1S/C14H15FN2/c1-3-16-14-9-5-8-13(17-14)11-6-4-7-12(15)10(11)2/h4-9H,3H2,1-2H3,(H,16,17). The van der Waals surface area contributed by atoms with E-state index in [4.69, 9.17) is 0 Å². The summed E-state index contributed by atoms with van der Waals surface area (Å²) in [5.41, 5.74) is 2.26. The number of hydrogen-bond acceptors (Lipinski definition) is 2. The molecule has 17 heavy (non-hydrogen) atoms. The molecule has 0 aliphatic carbocycles. The summed E-state index contributed by atoms with van der Waals surface area (Å²) in [6.45, 7) is 4.60. The minimum absolute atomic E-state index is 0.196. The third-order valence-electron chi connectivity index (χ3n) is 2.65. The van der Waals surface area contributed by atoms with Gasteiger partial charge in [-0.15, -0.1) is 0 Å². The van der Waals surface area contributed by atoms with E-state index in [1.54, 1.807) is 13.0 Å². The Balaban J connectivity index is 2.45. The molecule has 2 nitrogen and oxygen atoms in total. The highest BCUT2D eigenvalue weighted by Gasteiger charge is 2.07. The van der Waals surface area contributed by atoms with Crippen molar-refractivity contribution in [2.24, 2.45) is 0 Å². The third-order valence-corrected chi connectivity index (χ3v) is 2.65. The third kappa shape index (κ3) is 2.44. The molecular formula is C14H15FN2. The Hall–Kier alpha value is -1.90. The first-order chi connectivity index (χ1) is 8.22. The van der Waals surface area contributed by atoms with Gasteiger partial charge in [0.1, 0.15) is 11.6 Å². The van der Waals surface area contributed by atoms with E-state index in [0.717, 1.165) is 23.6 Å². The molecule has 0 aliphatic rings. The van der Waals surface area contributed by atoms with Crippen LogP contribution in [0.3, 0.4) is 0 Å². The Morgan fingerprint density at radius 2 is 1.94 bits per heavy atom. The number of benzene rings is 1. The lowest BCUT2D eigenvalue weighted by Gasteiger charge is -2.08. The summed E-state index contributed by atoms with van der Waals surface area (Å²) in [6.07, 6.45) is 0. The van der Waals surface area contributed by atoms with Crippen LogP contribution in [0.4, 0.5) is 10.2 Å². The van der Waals surface area contributed by atoms with Crippen LogP contribution >= 0.6 is 0 Å². The molecule has 88 valence electrons. The maximum atomic E-state index is 13.5. The summed E-state index contributed by atoms with van der Waals surface area (Å²) in [5.74, 6) is 0.617. The summed E-state index contributed by atoms with van der Waals surface area (Å²) in [4.78, 5) is 4.46. The molecule has 1 N–H and O–H groups in total. The Labute approximate surface area is 101 Å². The Kier molecular flexibility index (Phi) is 3.38. The van der Waals surface area contributed by atoms with Gasteiger partial charge in [0.05, 0.1) is 5.69 Å². The van der Waals surface area contributed by atoms with Crippen LogP contribution in [0.5, 0.6) is 0 Å². The molecule has 0 bridgehead atoms. The van der Waals surface area contributed by atoms with Crippen molar-refractivity contribution in [2.75, 3.05) is 11.9 Å². The molecule has 1 heterocycles. The van der Waals surface area contributed by atoms with Crippen LogP contribution in [0, 0.1) is 12.7 Å². The zero-order chi connectivity index (χ0) is 12.3. The van der Waals surface area contributed by atoms with Gasteiger partial charge in [-0.25, -0.2) is 9.37 Å². The van der Waals surface area contributed by atoms with Crippen molar-refractivity contribution in [3.63, 3.8) is 0 Å². The van der Waals surface area contributed by atoms with E-state index < -0.39 is 0 Å². The fourth-order valence-corrected chi connectivity index (χ4v) is 1.75. The molecule has 0 atom stereocenters. The minimum Gasteiger partial charge on any atom is -0.370 e. The topological polar surface area (TPSA) is 24.9 Å². The van der Waals surface area contributed by atoms with Gasteiger partial charge in [-0.05, 0) is 37.6 Å². The van der Waals surface area contributed by atoms with Gasteiger partial charge < -0.3 is 5.32 Å². The molecule has 3 heteroatoms. The lowest BCUT2D eigenvalue weighted by Crippen LogP contribution is -2.00. The van der Waals surface area contributed by atoms with Gasteiger partial charge in [0, 0.05) is 12.1 Å². The first-order valence-corrected chi connectivity index (χ1v) is 5.68. The lowest BCUT2D eigenvalue weighted by molar-refractivity contribution is 0.619. The van der Waals surface area contributed by atoms with Crippen molar-refractivity contribution >= 4 is 5.82 Å². The smallest absolute Gasteiger partial charge is 0.126 e. The predicted molar refractivity (Wildman–Crippen MR) is 68.5 cm³/mol. The van der Waals surface area contributed by atoms with Gasteiger partial charge in [-0.3, -0.25) is 0 Å². The van der Waals surface area contributed by atoms with E-state index in [1.807, 2.05) is 31.2 Å². The molecule has 0 spiro atoms. The summed E-state index contributed by atoms with van der Waals surface area (Å²) in [7, 11) is 0. The Morgan fingerprint density at radius 1 is 1.18 bits per heavy atom. The lowest BCUT2D eigenvalue weighted by atomic mass is 10.0. The van der Waals surface area contributed by atoms with Crippen LogP contribution in [0.15, 0.2) is 36.4 Å². The summed E-state index contributed by atoms with van der Waals surface area (Å²) in [6, 6.07) is 10.8. The van der Waals surface area contributed by atoms with E-state index in [9.17, 15) is 4.39 Å². The molecule has 0 fully saturated rings. The van der Waals surface area contributed by atoms with Crippen molar-refractivity contribution in [2.45, 2.75) is 13.8 Å². The predicted octanol–water partition coefficient (Wildman–Crippen LogP) is 3.63. The van der Waals surface area contributed by atoms with Crippen LogP contribution in [-0.2, 0) is 0 Å². The zero-order valence-electron chi connectivity index (χ0n) is 10.00. The molecule has 1 aromatic heterocycles. The average Bonchev–Trinajstić information content (AvgIpc) is 2.33. The van der Waals surface area contributed by atoms with Crippen molar-refractivity contribution in [3.05, 3.63) is 47.8 Å². The summed E-state index contributed by atoms with van der Waals surface area (Å²) < 4.78 is 13.5. The van der Waals surface area contributed by atoms with Gasteiger partial charge in [0.2, 0.25) is 0 Å². The Bertz CT molecular complexity index is 523. The maximum absolute atomic E-state index is 13.5. The molecule has 2 rings (SSSR count). The average molecular weight is 230 g/mol. The quantitative estimate of drug-likeness (QED) is 0.871. The second kappa shape index (κ2) is 4.95. The highest BCUT2D eigenvalue weighted by Crippen LogP contribution is 2.24. The maximum Gasteiger partial charge on any atom is 0.126 e. The van der Waals surface area contributed by atoms with E-state index in [-0.39, 0.29) is 5.82 Å². The van der Waals surface area contributed by atoms with Gasteiger partial charge in [0.25, 0.3) is 0 Å². The second-order valence-corrected chi connectivity index (χ2v) is 3.85. The number of nitrogens with zero attached hydrogens (tertiary/aromatic N) is 1. The highest BCUT2D eigenvalue weighted by atomic mass is 19.1. The molecule has 0 unspecified atom stereocenters. The SMILES string of the molecule is CCNc1cccc(-c2cccc(F)c2C)n1. The van der Waals surface area contributed by atoms with E-state index in [2.05, 4.69) is 10.3 Å². The Morgan fingerprint density at radius 3 is 2.71 bits per heavy atom. The molecule has 0 radical (unpaired) electrons. The molecule has 0 aliphatic heterocycles. The molecule has 1 aromatic carbocycles. The number of nitrogens with one attached hydrogen (secondary N) is 1. The molecule has 0 saturated heterocycles. The number of anilines is 1. The van der Waals surface area contributed by atoms with Crippen LogP contribution in [0.2, 0.25) is 0 Å². The second-order valence-electron chi connectivity index (χ2n) is 3.85. The fraction of sp³-hybridized carbons (Fsp3) is 0.214. The highest BCUT2D eigenvalue weighted by molar-refractivity contribution is 5.65. The first-order valence-electron chi connectivity index (χ1n) is 5.68. The molecule has 0 saturated carbocycles. The van der Waals surface area contributed by atoms with Gasteiger partial charge in [-0.1, -0.05) is 18.2 Å². The minimum atomic E-state index is -0.196. The number of pyridine rings is 1. The van der Waals surface area contributed by atoms with Crippen LogP contribution in [-0.4, -0.2) is 11.5 Å². The number of hydrogen-bond donors (Lipinski definition) is 1. The van der Waals surface area contributed by atoms with Crippen molar-refractivity contribution in [1.29, 1.82) is 0 Å². The van der Waals surface area contributed by atoms with E-state index >= 15 is 0 Å². The molecule has 0 amide bonds. The van der Waals surface area contributed by atoms with Gasteiger partial charge in [0.15, 0.2) is 0 Å². The summed E-state index contributed by atoms with van der Waals surface area (Å²) in [5, 5.41) is 3.15. The molecular weight excluding hydrogens is 215 g/mol. The largest absolute Gasteiger partial charge is 0.370 e. The number of aromatic nitrogens is 1. The van der Waals surface area contributed by atoms with E-state index in [1.165, 1.54) is 6.07 Å². The first kappa shape index (κ1) is 11.6. The van der Waals surface area contributed by atoms with Gasteiger partial charge >= 0.3 is 0 Å².